The monoisotopic (exact) mass is 415 g/mol. The number of anilines is 3. The lowest BCUT2D eigenvalue weighted by molar-refractivity contribution is -0.122. The molecule has 0 saturated carbocycles. The van der Waals surface area contributed by atoms with Gasteiger partial charge < -0.3 is 15.4 Å². The lowest BCUT2D eigenvalue weighted by Crippen LogP contribution is -2.34. The van der Waals surface area contributed by atoms with Gasteiger partial charge in [0.15, 0.2) is 6.10 Å². The van der Waals surface area contributed by atoms with Gasteiger partial charge in [-0.25, -0.2) is 8.42 Å². The fourth-order valence-electron chi connectivity index (χ4n) is 3.74. The van der Waals surface area contributed by atoms with Crippen LogP contribution in [0.3, 0.4) is 0 Å². The van der Waals surface area contributed by atoms with Crippen molar-refractivity contribution in [1.82, 2.24) is 0 Å². The fourth-order valence-corrected chi connectivity index (χ4v) is 5.00. The van der Waals surface area contributed by atoms with Gasteiger partial charge in [0.25, 0.3) is 11.8 Å². The molecule has 8 nitrogen and oxygen atoms in total. The van der Waals surface area contributed by atoms with Gasteiger partial charge >= 0.3 is 0 Å². The maximum Gasteiger partial charge on any atom is 0.265 e. The van der Waals surface area contributed by atoms with E-state index in [-0.39, 0.29) is 17.9 Å². The maximum absolute atomic E-state index is 12.7. The summed E-state index contributed by atoms with van der Waals surface area (Å²) in [6.45, 7) is 3.50. The lowest BCUT2D eigenvalue weighted by atomic mass is 10.1. The molecule has 2 aromatic rings. The number of fused-ring (bicyclic) bond motifs is 2. The molecule has 29 heavy (non-hydrogen) atoms. The first-order valence-corrected chi connectivity index (χ1v) is 11.0. The molecule has 2 atom stereocenters. The number of sulfonamides is 1. The van der Waals surface area contributed by atoms with E-state index in [1.54, 1.807) is 43.3 Å². The third kappa shape index (κ3) is 3.53. The van der Waals surface area contributed by atoms with Crippen LogP contribution >= 0.6 is 0 Å². The van der Waals surface area contributed by atoms with E-state index < -0.39 is 16.1 Å². The van der Waals surface area contributed by atoms with Gasteiger partial charge in [-0.15, -0.1) is 0 Å². The van der Waals surface area contributed by atoms with Crippen molar-refractivity contribution in [3.8, 4) is 5.75 Å². The van der Waals surface area contributed by atoms with Crippen LogP contribution in [-0.2, 0) is 21.2 Å². The quantitative estimate of drug-likeness (QED) is 0.801. The van der Waals surface area contributed by atoms with Crippen LogP contribution in [-0.4, -0.2) is 38.6 Å². The fraction of sp³-hybridized carbons (Fsp3) is 0.300. The first kappa shape index (κ1) is 19.3. The van der Waals surface area contributed by atoms with Crippen molar-refractivity contribution in [3.63, 3.8) is 0 Å². The number of hydrogen-bond acceptors (Lipinski definition) is 5. The average molecular weight is 415 g/mol. The number of ether oxygens (including phenoxy) is 1. The normalized spacial score (nSPS) is 20.4. The molecular weight excluding hydrogens is 394 g/mol. The SMILES string of the molecule is CC1Oc2ccc(NC(=O)c3ccc4c(c3)CC(C)N4S(C)(=O)=O)cc2NC1=O. The second-order valence-corrected chi connectivity index (χ2v) is 9.23. The van der Waals surface area contributed by atoms with Crippen LogP contribution in [0.2, 0.25) is 0 Å². The predicted molar refractivity (Wildman–Crippen MR) is 110 cm³/mol. The Morgan fingerprint density at radius 3 is 2.69 bits per heavy atom. The minimum absolute atomic E-state index is 0.190. The van der Waals surface area contributed by atoms with E-state index in [1.165, 1.54) is 10.6 Å². The Morgan fingerprint density at radius 2 is 1.97 bits per heavy atom. The van der Waals surface area contributed by atoms with E-state index in [4.69, 9.17) is 4.74 Å². The van der Waals surface area contributed by atoms with Crippen LogP contribution in [0.4, 0.5) is 17.1 Å². The molecule has 0 aliphatic carbocycles. The van der Waals surface area contributed by atoms with Gasteiger partial charge in [0.1, 0.15) is 5.75 Å². The first-order chi connectivity index (χ1) is 13.6. The van der Waals surface area contributed by atoms with Gasteiger partial charge in [0.05, 0.1) is 17.6 Å². The molecule has 2 amide bonds. The van der Waals surface area contributed by atoms with Crippen LogP contribution < -0.4 is 19.7 Å². The standard InChI is InChI=1S/C20H21N3O5S/c1-11-8-14-9-13(4-6-17(14)23(11)29(3,26)27)20(25)21-15-5-7-18-16(10-15)22-19(24)12(2)28-18/h4-7,9-12H,8H2,1-3H3,(H,21,25)(H,22,24). The van der Waals surface area contributed by atoms with Crippen molar-refractivity contribution in [2.75, 3.05) is 21.2 Å². The van der Waals surface area contributed by atoms with Crippen LogP contribution in [0, 0.1) is 0 Å². The molecule has 2 aromatic carbocycles. The minimum atomic E-state index is -3.38. The molecule has 0 radical (unpaired) electrons. The van der Waals surface area contributed by atoms with Gasteiger partial charge in [-0.05, 0) is 62.2 Å². The maximum atomic E-state index is 12.7. The van der Waals surface area contributed by atoms with Crippen molar-refractivity contribution in [1.29, 1.82) is 0 Å². The third-order valence-electron chi connectivity index (χ3n) is 5.02. The molecule has 2 aliphatic rings. The number of benzene rings is 2. The summed E-state index contributed by atoms with van der Waals surface area (Å²) in [5.41, 5.74) is 2.87. The minimum Gasteiger partial charge on any atom is -0.479 e. The van der Waals surface area contributed by atoms with Crippen molar-refractivity contribution in [2.45, 2.75) is 32.4 Å². The smallest absolute Gasteiger partial charge is 0.265 e. The summed E-state index contributed by atoms with van der Waals surface area (Å²) in [5, 5.41) is 5.54. The van der Waals surface area contributed by atoms with Crippen molar-refractivity contribution < 1.29 is 22.7 Å². The van der Waals surface area contributed by atoms with E-state index >= 15 is 0 Å². The van der Waals surface area contributed by atoms with E-state index in [9.17, 15) is 18.0 Å². The topological polar surface area (TPSA) is 105 Å². The van der Waals surface area contributed by atoms with Crippen molar-refractivity contribution in [2.24, 2.45) is 0 Å². The summed E-state index contributed by atoms with van der Waals surface area (Å²) < 4.78 is 31.0. The zero-order valence-corrected chi connectivity index (χ0v) is 17.0. The highest BCUT2D eigenvalue weighted by Crippen LogP contribution is 2.35. The molecule has 2 N–H and O–H groups in total. The van der Waals surface area contributed by atoms with Crippen LogP contribution in [0.15, 0.2) is 36.4 Å². The van der Waals surface area contributed by atoms with E-state index in [0.29, 0.717) is 34.8 Å². The van der Waals surface area contributed by atoms with Gasteiger partial charge in [0, 0.05) is 17.3 Å². The molecule has 2 aliphatic heterocycles. The number of carbonyl (C=O) groups excluding carboxylic acids is 2. The highest BCUT2D eigenvalue weighted by Gasteiger charge is 2.33. The first-order valence-electron chi connectivity index (χ1n) is 9.19. The Morgan fingerprint density at radius 1 is 1.21 bits per heavy atom. The van der Waals surface area contributed by atoms with Gasteiger partial charge in [0.2, 0.25) is 10.0 Å². The Balaban J connectivity index is 1.56. The highest BCUT2D eigenvalue weighted by molar-refractivity contribution is 7.92. The molecule has 2 heterocycles. The molecule has 0 bridgehead atoms. The number of nitrogens with zero attached hydrogens (tertiary/aromatic N) is 1. The molecule has 2 unspecified atom stereocenters. The Bertz CT molecular complexity index is 1130. The molecule has 0 fully saturated rings. The van der Waals surface area contributed by atoms with Crippen LogP contribution in [0.5, 0.6) is 5.75 Å². The van der Waals surface area contributed by atoms with Gasteiger partial charge in [-0.3, -0.25) is 13.9 Å². The predicted octanol–water partition coefficient (Wildman–Crippen LogP) is 2.37. The lowest BCUT2D eigenvalue weighted by Gasteiger charge is -2.23. The number of hydrogen-bond donors (Lipinski definition) is 2. The molecule has 9 heteroatoms. The van der Waals surface area contributed by atoms with Gasteiger partial charge in [-0.1, -0.05) is 0 Å². The molecule has 0 aromatic heterocycles. The zero-order valence-electron chi connectivity index (χ0n) is 16.2. The number of amides is 2. The molecular formula is C20H21N3O5S. The number of nitrogens with one attached hydrogen (secondary N) is 2. The number of carbonyl (C=O) groups is 2. The second kappa shape index (κ2) is 6.77. The van der Waals surface area contributed by atoms with Crippen LogP contribution in [0.25, 0.3) is 0 Å². The number of rotatable bonds is 3. The average Bonchev–Trinajstić information content (AvgIpc) is 2.98. The summed E-state index contributed by atoms with van der Waals surface area (Å²) in [5.74, 6) is -0.0266. The van der Waals surface area contributed by atoms with E-state index in [2.05, 4.69) is 10.6 Å². The molecule has 4 rings (SSSR count). The Labute approximate surface area is 168 Å². The van der Waals surface area contributed by atoms with Gasteiger partial charge in [-0.2, -0.15) is 0 Å². The van der Waals surface area contributed by atoms with Crippen molar-refractivity contribution >= 4 is 38.9 Å². The summed E-state index contributed by atoms with van der Waals surface area (Å²) in [6, 6.07) is 9.82. The summed E-state index contributed by atoms with van der Waals surface area (Å²) in [4.78, 5) is 24.5. The van der Waals surface area contributed by atoms with E-state index in [0.717, 1.165) is 5.56 Å². The molecule has 0 saturated heterocycles. The largest absolute Gasteiger partial charge is 0.479 e. The Hall–Kier alpha value is -3.07. The van der Waals surface area contributed by atoms with E-state index in [1.807, 2.05) is 6.92 Å². The summed E-state index contributed by atoms with van der Waals surface area (Å²) in [6.07, 6.45) is 1.16. The summed E-state index contributed by atoms with van der Waals surface area (Å²) in [7, 11) is -3.38. The van der Waals surface area contributed by atoms with Crippen LogP contribution in [0.1, 0.15) is 29.8 Å². The summed E-state index contributed by atoms with van der Waals surface area (Å²) >= 11 is 0. The molecule has 152 valence electrons. The second-order valence-electron chi connectivity index (χ2n) is 7.37. The molecule has 0 spiro atoms. The Kier molecular flexibility index (Phi) is 4.49. The zero-order chi connectivity index (χ0) is 20.9. The van der Waals surface area contributed by atoms with Crippen molar-refractivity contribution in [3.05, 3.63) is 47.5 Å². The third-order valence-corrected chi connectivity index (χ3v) is 6.29. The highest BCUT2D eigenvalue weighted by atomic mass is 32.2.